The molecule has 3 amide bonds. The summed E-state index contributed by atoms with van der Waals surface area (Å²) in [5.74, 6) is -1.45. The second-order valence-electron chi connectivity index (χ2n) is 6.06. The molecule has 0 fully saturated rings. The van der Waals surface area contributed by atoms with Crippen molar-refractivity contribution < 1.29 is 18.8 Å². The largest absolute Gasteiger partial charge is 0.326 e. The van der Waals surface area contributed by atoms with Crippen LogP contribution in [0.15, 0.2) is 54.6 Å². The normalized spacial score (nSPS) is 10.5. The van der Waals surface area contributed by atoms with E-state index >= 15 is 0 Å². The van der Waals surface area contributed by atoms with Gasteiger partial charge in [-0.25, -0.2) is 4.39 Å². The SMILES string of the molecule is CCCCC(=O)Nc1ccc(C(=O)NNC(=O)C=Cc2ccc(F)cc2)cc1. The van der Waals surface area contributed by atoms with E-state index in [0.29, 0.717) is 23.2 Å². The summed E-state index contributed by atoms with van der Waals surface area (Å²) in [4.78, 5) is 35.5. The van der Waals surface area contributed by atoms with Gasteiger partial charge in [0.05, 0.1) is 0 Å². The third kappa shape index (κ3) is 7.03. The van der Waals surface area contributed by atoms with Crippen LogP contribution in [0.3, 0.4) is 0 Å². The number of nitrogens with one attached hydrogen (secondary N) is 3. The van der Waals surface area contributed by atoms with Crippen LogP contribution in [0.1, 0.15) is 42.1 Å². The number of benzene rings is 2. The van der Waals surface area contributed by atoms with Crippen LogP contribution in [0.4, 0.5) is 10.1 Å². The van der Waals surface area contributed by atoms with Gasteiger partial charge >= 0.3 is 0 Å². The Bertz CT molecular complexity index is 846. The summed E-state index contributed by atoms with van der Waals surface area (Å²) in [5, 5.41) is 2.76. The molecule has 3 N–H and O–H groups in total. The van der Waals surface area contributed by atoms with Crippen molar-refractivity contribution >= 4 is 29.5 Å². The molecule has 6 nitrogen and oxygen atoms in total. The maximum atomic E-state index is 12.8. The van der Waals surface area contributed by atoms with Crippen molar-refractivity contribution in [2.45, 2.75) is 26.2 Å². The Morgan fingerprint density at radius 3 is 2.29 bits per heavy atom. The van der Waals surface area contributed by atoms with E-state index in [9.17, 15) is 18.8 Å². The number of carbonyl (C=O) groups is 3. The van der Waals surface area contributed by atoms with Crippen molar-refractivity contribution in [3.63, 3.8) is 0 Å². The second kappa shape index (κ2) is 10.6. The van der Waals surface area contributed by atoms with Gasteiger partial charge in [0, 0.05) is 23.7 Å². The molecule has 0 heterocycles. The average Bonchev–Trinajstić information content (AvgIpc) is 2.70. The molecule has 2 aromatic rings. The summed E-state index contributed by atoms with van der Waals surface area (Å²) < 4.78 is 12.8. The van der Waals surface area contributed by atoms with E-state index in [1.165, 1.54) is 36.4 Å². The first-order valence-corrected chi connectivity index (χ1v) is 8.92. The van der Waals surface area contributed by atoms with Gasteiger partial charge in [-0.1, -0.05) is 25.5 Å². The van der Waals surface area contributed by atoms with E-state index in [2.05, 4.69) is 16.2 Å². The lowest BCUT2D eigenvalue weighted by Crippen LogP contribution is -2.40. The number of carbonyl (C=O) groups excluding carboxylic acids is 3. The topological polar surface area (TPSA) is 87.3 Å². The van der Waals surface area contributed by atoms with Crippen molar-refractivity contribution in [1.82, 2.24) is 10.9 Å². The van der Waals surface area contributed by atoms with Gasteiger partial charge < -0.3 is 5.32 Å². The molecular weight excluding hydrogens is 361 g/mol. The van der Waals surface area contributed by atoms with Crippen molar-refractivity contribution in [1.29, 1.82) is 0 Å². The molecule has 0 atom stereocenters. The maximum Gasteiger partial charge on any atom is 0.269 e. The lowest BCUT2D eigenvalue weighted by atomic mass is 10.2. The van der Waals surface area contributed by atoms with Crippen LogP contribution in [0.2, 0.25) is 0 Å². The highest BCUT2D eigenvalue weighted by atomic mass is 19.1. The van der Waals surface area contributed by atoms with Crippen LogP contribution in [0.25, 0.3) is 6.08 Å². The first-order chi connectivity index (χ1) is 13.5. The highest BCUT2D eigenvalue weighted by Gasteiger charge is 2.07. The van der Waals surface area contributed by atoms with Crippen molar-refractivity contribution in [2.24, 2.45) is 0 Å². The zero-order chi connectivity index (χ0) is 20.4. The Balaban J connectivity index is 1.81. The molecule has 0 radical (unpaired) electrons. The van der Waals surface area contributed by atoms with Gasteiger partial charge in [0.1, 0.15) is 5.82 Å². The van der Waals surface area contributed by atoms with Gasteiger partial charge in [0.2, 0.25) is 5.91 Å². The van der Waals surface area contributed by atoms with E-state index in [-0.39, 0.29) is 11.7 Å². The molecule has 2 aromatic carbocycles. The summed E-state index contributed by atoms with van der Waals surface area (Å²) in [6.45, 7) is 2.01. The zero-order valence-electron chi connectivity index (χ0n) is 15.5. The van der Waals surface area contributed by atoms with E-state index in [4.69, 9.17) is 0 Å². The molecule has 0 unspecified atom stereocenters. The van der Waals surface area contributed by atoms with Gasteiger partial charge in [0.25, 0.3) is 11.8 Å². The first-order valence-electron chi connectivity index (χ1n) is 8.92. The standard InChI is InChI=1S/C21H22FN3O3/c1-2-3-4-19(26)23-18-12-8-16(9-13-18)21(28)25-24-20(27)14-7-15-5-10-17(22)11-6-15/h5-14H,2-4H2,1H3,(H,23,26)(H,24,27)(H,25,28). The number of hydrogen-bond donors (Lipinski definition) is 3. The van der Waals surface area contributed by atoms with E-state index in [0.717, 1.165) is 12.8 Å². The van der Waals surface area contributed by atoms with Gasteiger partial charge in [-0.3, -0.25) is 25.2 Å². The second-order valence-corrected chi connectivity index (χ2v) is 6.06. The van der Waals surface area contributed by atoms with Gasteiger partial charge in [-0.2, -0.15) is 0 Å². The molecule has 0 aliphatic carbocycles. The van der Waals surface area contributed by atoms with Crippen LogP contribution in [-0.4, -0.2) is 17.7 Å². The first kappa shape index (κ1) is 20.8. The van der Waals surface area contributed by atoms with Crippen LogP contribution < -0.4 is 16.2 Å². The van der Waals surface area contributed by atoms with Crippen molar-refractivity contribution in [3.8, 4) is 0 Å². The van der Waals surface area contributed by atoms with Crippen LogP contribution >= 0.6 is 0 Å². The number of anilines is 1. The molecule has 0 aliphatic rings. The number of hydrazine groups is 1. The molecule has 0 saturated heterocycles. The minimum atomic E-state index is -0.530. The highest BCUT2D eigenvalue weighted by molar-refractivity contribution is 5.98. The zero-order valence-corrected chi connectivity index (χ0v) is 15.5. The van der Waals surface area contributed by atoms with Gasteiger partial charge in [0.15, 0.2) is 0 Å². The number of halogens is 1. The van der Waals surface area contributed by atoms with E-state index in [1.54, 1.807) is 24.3 Å². The molecule has 0 spiro atoms. The molecule has 0 aliphatic heterocycles. The Morgan fingerprint density at radius 2 is 1.64 bits per heavy atom. The molecule has 0 aromatic heterocycles. The minimum Gasteiger partial charge on any atom is -0.326 e. The monoisotopic (exact) mass is 383 g/mol. The summed E-state index contributed by atoms with van der Waals surface area (Å²) >= 11 is 0. The predicted molar refractivity (Wildman–Crippen MR) is 106 cm³/mol. The predicted octanol–water partition coefficient (Wildman–Crippen LogP) is 3.43. The Morgan fingerprint density at radius 1 is 0.964 bits per heavy atom. The summed E-state index contributed by atoms with van der Waals surface area (Å²) in [5.41, 5.74) is 6.14. The van der Waals surface area contributed by atoms with Gasteiger partial charge in [-0.05, 0) is 54.5 Å². The summed E-state index contributed by atoms with van der Waals surface area (Å²) in [7, 11) is 0. The number of amides is 3. The third-order valence-electron chi connectivity index (χ3n) is 3.78. The Kier molecular flexibility index (Phi) is 7.90. The summed E-state index contributed by atoms with van der Waals surface area (Å²) in [6, 6.07) is 12.0. The molecule has 28 heavy (non-hydrogen) atoms. The number of rotatable bonds is 7. The van der Waals surface area contributed by atoms with Crippen LogP contribution in [-0.2, 0) is 9.59 Å². The fraction of sp³-hybridized carbons (Fsp3) is 0.190. The lowest BCUT2D eigenvalue weighted by molar-refractivity contribution is -0.117. The highest BCUT2D eigenvalue weighted by Crippen LogP contribution is 2.10. The van der Waals surface area contributed by atoms with Crippen molar-refractivity contribution in [3.05, 3.63) is 71.6 Å². The fourth-order valence-electron chi connectivity index (χ4n) is 2.24. The Labute approximate surface area is 162 Å². The number of unbranched alkanes of at least 4 members (excludes halogenated alkanes) is 1. The molecule has 0 saturated carbocycles. The van der Waals surface area contributed by atoms with Crippen LogP contribution in [0, 0.1) is 5.82 Å². The van der Waals surface area contributed by atoms with Crippen LogP contribution in [0.5, 0.6) is 0 Å². The molecule has 7 heteroatoms. The molecule has 146 valence electrons. The average molecular weight is 383 g/mol. The Hall–Kier alpha value is -3.48. The van der Waals surface area contributed by atoms with Gasteiger partial charge in [-0.15, -0.1) is 0 Å². The minimum absolute atomic E-state index is 0.0701. The van der Waals surface area contributed by atoms with Crippen molar-refractivity contribution in [2.75, 3.05) is 5.32 Å². The molecule has 0 bridgehead atoms. The van der Waals surface area contributed by atoms with E-state index < -0.39 is 11.8 Å². The third-order valence-corrected chi connectivity index (χ3v) is 3.78. The summed E-state index contributed by atoms with van der Waals surface area (Å²) in [6.07, 6.45) is 4.94. The lowest BCUT2D eigenvalue weighted by Gasteiger charge is -2.07. The smallest absolute Gasteiger partial charge is 0.269 e. The quantitative estimate of drug-likeness (QED) is 0.506. The number of hydrogen-bond acceptors (Lipinski definition) is 3. The molecule has 2 rings (SSSR count). The maximum absolute atomic E-state index is 12.8. The fourth-order valence-corrected chi connectivity index (χ4v) is 2.24. The van der Waals surface area contributed by atoms with E-state index in [1.807, 2.05) is 6.92 Å². The molecular formula is C21H22FN3O3.